The molecule has 166 valence electrons. The fraction of sp³-hybridized carbons (Fsp3) is 0.409. The lowest BCUT2D eigenvalue weighted by atomic mass is 10.1. The molecule has 0 aliphatic carbocycles. The Balaban J connectivity index is 1.64. The summed E-state index contributed by atoms with van der Waals surface area (Å²) < 4.78 is 38.7. The van der Waals surface area contributed by atoms with Crippen LogP contribution in [-0.2, 0) is 16.4 Å². The maximum atomic E-state index is 13.1. The molecule has 2 aromatic carbocycles. The third-order valence-corrected chi connectivity index (χ3v) is 7.66. The van der Waals surface area contributed by atoms with E-state index >= 15 is 0 Å². The topological polar surface area (TPSA) is 84.9 Å². The van der Waals surface area contributed by atoms with Crippen molar-refractivity contribution in [3.63, 3.8) is 0 Å². The van der Waals surface area contributed by atoms with Gasteiger partial charge in [0.25, 0.3) is 5.91 Å². The molecule has 2 aliphatic rings. The van der Waals surface area contributed by atoms with Crippen LogP contribution < -0.4 is 14.8 Å². The van der Waals surface area contributed by atoms with Crippen LogP contribution in [0.5, 0.6) is 11.5 Å². The van der Waals surface area contributed by atoms with Crippen LogP contribution in [0.1, 0.15) is 42.6 Å². The minimum absolute atomic E-state index is 0.0531. The van der Waals surface area contributed by atoms with Crippen LogP contribution >= 0.6 is 11.6 Å². The summed E-state index contributed by atoms with van der Waals surface area (Å²) in [6.07, 6.45) is 2.49. The van der Waals surface area contributed by atoms with Gasteiger partial charge in [0.15, 0.2) is 0 Å². The van der Waals surface area contributed by atoms with Gasteiger partial charge < -0.3 is 14.8 Å². The molecular formula is C22H25ClN2O5S. The Morgan fingerprint density at radius 3 is 2.71 bits per heavy atom. The van der Waals surface area contributed by atoms with Crippen LogP contribution in [0.4, 0.5) is 5.69 Å². The largest absolute Gasteiger partial charge is 0.492 e. The summed E-state index contributed by atoms with van der Waals surface area (Å²) in [4.78, 5) is 13.1. The molecule has 1 unspecified atom stereocenters. The molecule has 4 rings (SSSR count). The van der Waals surface area contributed by atoms with Gasteiger partial charge in [-0.2, -0.15) is 4.31 Å². The number of ether oxygens (including phenoxy) is 2. The standard InChI is InChI=1S/C22H25ClN2O5S/c1-3-29-21-11-15-10-14(2)30-20(15)13-19(21)24-22(26)17-12-16(6-7-18(17)23)31(27,28)25-8-4-5-9-25/h6-7,11-14H,3-5,8-10H2,1-2H3,(H,24,26). The zero-order valence-corrected chi connectivity index (χ0v) is 19.1. The molecule has 2 aliphatic heterocycles. The Morgan fingerprint density at radius 1 is 1.26 bits per heavy atom. The van der Waals surface area contributed by atoms with Crippen molar-refractivity contribution in [3.8, 4) is 11.5 Å². The van der Waals surface area contributed by atoms with Crippen LogP contribution in [0, 0.1) is 0 Å². The van der Waals surface area contributed by atoms with Gasteiger partial charge >= 0.3 is 0 Å². The Morgan fingerprint density at radius 2 is 2.00 bits per heavy atom. The highest BCUT2D eigenvalue weighted by molar-refractivity contribution is 7.89. The molecule has 0 aromatic heterocycles. The van der Waals surface area contributed by atoms with Crippen LogP contribution in [-0.4, -0.2) is 44.4 Å². The Bertz CT molecular complexity index is 1110. The van der Waals surface area contributed by atoms with Crippen molar-refractivity contribution in [2.24, 2.45) is 0 Å². The molecule has 9 heteroatoms. The molecule has 0 spiro atoms. The lowest BCUT2D eigenvalue weighted by molar-refractivity contribution is 0.102. The maximum Gasteiger partial charge on any atom is 0.257 e. The number of carbonyl (C=O) groups is 1. The van der Waals surface area contributed by atoms with E-state index in [4.69, 9.17) is 21.1 Å². The molecule has 1 saturated heterocycles. The Labute approximate surface area is 187 Å². The van der Waals surface area contributed by atoms with Crippen LogP contribution in [0.15, 0.2) is 35.2 Å². The van der Waals surface area contributed by atoms with Crippen molar-refractivity contribution in [3.05, 3.63) is 46.5 Å². The number of nitrogens with zero attached hydrogens (tertiary/aromatic N) is 1. The molecule has 31 heavy (non-hydrogen) atoms. The molecule has 7 nitrogen and oxygen atoms in total. The zero-order chi connectivity index (χ0) is 22.2. The highest BCUT2D eigenvalue weighted by Crippen LogP contribution is 2.38. The number of fused-ring (bicyclic) bond motifs is 1. The number of halogens is 1. The summed E-state index contributed by atoms with van der Waals surface area (Å²) in [5.74, 6) is 0.711. The van der Waals surface area contributed by atoms with Gasteiger partial charge in [-0.1, -0.05) is 11.6 Å². The van der Waals surface area contributed by atoms with E-state index in [1.54, 1.807) is 6.07 Å². The monoisotopic (exact) mass is 464 g/mol. The second kappa shape index (κ2) is 8.68. The fourth-order valence-corrected chi connectivity index (χ4v) is 5.67. The summed E-state index contributed by atoms with van der Waals surface area (Å²) in [6.45, 7) is 5.24. The molecule has 1 atom stereocenters. The number of hydrogen-bond acceptors (Lipinski definition) is 5. The van der Waals surface area contributed by atoms with Gasteiger partial charge in [0.1, 0.15) is 17.6 Å². The first kappa shape index (κ1) is 21.9. The van der Waals surface area contributed by atoms with Crippen molar-refractivity contribution in [2.45, 2.75) is 44.1 Å². The van der Waals surface area contributed by atoms with E-state index in [9.17, 15) is 13.2 Å². The second-order valence-corrected chi connectivity index (χ2v) is 10.1. The lowest BCUT2D eigenvalue weighted by Gasteiger charge is -2.17. The van der Waals surface area contributed by atoms with Crippen molar-refractivity contribution >= 4 is 33.2 Å². The molecule has 0 saturated carbocycles. The number of rotatable bonds is 6. The van der Waals surface area contributed by atoms with Gasteiger partial charge in [0.2, 0.25) is 10.0 Å². The Kier molecular flexibility index (Phi) is 6.14. The predicted molar refractivity (Wildman–Crippen MR) is 119 cm³/mol. The van der Waals surface area contributed by atoms with Crippen molar-refractivity contribution in [1.29, 1.82) is 0 Å². The second-order valence-electron chi connectivity index (χ2n) is 7.73. The first-order valence-electron chi connectivity index (χ1n) is 10.4. The SMILES string of the molecule is CCOc1cc2c(cc1NC(=O)c1cc(S(=O)(=O)N3CCCC3)ccc1Cl)OC(C)C2. The van der Waals surface area contributed by atoms with Gasteiger partial charge in [-0.05, 0) is 51.0 Å². The van der Waals surface area contributed by atoms with Crippen molar-refractivity contribution in [2.75, 3.05) is 25.0 Å². The number of nitrogens with one attached hydrogen (secondary N) is 1. The van der Waals surface area contributed by atoms with E-state index in [1.165, 1.54) is 22.5 Å². The van der Waals surface area contributed by atoms with Gasteiger partial charge in [-0.25, -0.2) is 8.42 Å². The van der Waals surface area contributed by atoms with E-state index < -0.39 is 15.9 Å². The van der Waals surface area contributed by atoms with E-state index in [-0.39, 0.29) is 21.6 Å². The number of anilines is 1. The highest BCUT2D eigenvalue weighted by atomic mass is 35.5. The quantitative estimate of drug-likeness (QED) is 0.695. The minimum Gasteiger partial charge on any atom is -0.492 e. The van der Waals surface area contributed by atoms with Gasteiger partial charge in [-0.3, -0.25) is 4.79 Å². The highest BCUT2D eigenvalue weighted by Gasteiger charge is 2.29. The number of carbonyl (C=O) groups excluding carboxylic acids is 1. The third-order valence-electron chi connectivity index (χ3n) is 5.43. The first-order valence-corrected chi connectivity index (χ1v) is 12.2. The van der Waals surface area contributed by atoms with Gasteiger partial charge in [-0.15, -0.1) is 0 Å². The summed E-state index contributed by atoms with van der Waals surface area (Å²) >= 11 is 6.26. The van der Waals surface area contributed by atoms with E-state index in [1.807, 2.05) is 19.9 Å². The fourth-order valence-electron chi connectivity index (χ4n) is 3.92. The van der Waals surface area contributed by atoms with Gasteiger partial charge in [0.05, 0.1) is 27.8 Å². The molecule has 1 N–H and O–H groups in total. The number of hydrogen-bond donors (Lipinski definition) is 1. The molecule has 0 bridgehead atoms. The lowest BCUT2D eigenvalue weighted by Crippen LogP contribution is -2.28. The number of amides is 1. The van der Waals surface area contributed by atoms with Crippen molar-refractivity contribution < 1.29 is 22.7 Å². The normalized spacial score (nSPS) is 18.5. The van der Waals surface area contributed by atoms with Gasteiger partial charge in [0, 0.05) is 31.1 Å². The minimum atomic E-state index is -3.67. The Hall–Kier alpha value is -2.29. The first-order chi connectivity index (χ1) is 14.8. The van der Waals surface area contributed by atoms with Crippen LogP contribution in [0.2, 0.25) is 5.02 Å². The average Bonchev–Trinajstić information content (AvgIpc) is 3.38. The molecule has 0 radical (unpaired) electrons. The van der Waals surface area contributed by atoms with Crippen LogP contribution in [0.25, 0.3) is 0 Å². The maximum absolute atomic E-state index is 13.1. The van der Waals surface area contributed by atoms with Crippen LogP contribution in [0.3, 0.4) is 0 Å². The van der Waals surface area contributed by atoms with E-state index in [0.717, 1.165) is 24.8 Å². The predicted octanol–water partition coefficient (Wildman–Crippen LogP) is 4.10. The molecule has 2 heterocycles. The summed E-state index contributed by atoms with van der Waals surface area (Å²) in [5, 5.41) is 2.98. The zero-order valence-electron chi connectivity index (χ0n) is 17.5. The van der Waals surface area contributed by atoms with E-state index in [2.05, 4.69) is 5.32 Å². The summed E-state index contributed by atoms with van der Waals surface area (Å²) in [6, 6.07) is 7.81. The summed E-state index contributed by atoms with van der Waals surface area (Å²) in [7, 11) is -3.67. The summed E-state index contributed by atoms with van der Waals surface area (Å²) in [5.41, 5.74) is 1.55. The average molecular weight is 465 g/mol. The third kappa shape index (κ3) is 4.37. The molecular weight excluding hydrogens is 440 g/mol. The molecule has 1 amide bonds. The molecule has 2 aromatic rings. The number of sulfonamides is 1. The van der Waals surface area contributed by atoms with E-state index in [0.29, 0.717) is 36.9 Å². The smallest absolute Gasteiger partial charge is 0.257 e. The molecule has 1 fully saturated rings. The van der Waals surface area contributed by atoms with Crippen molar-refractivity contribution in [1.82, 2.24) is 4.31 Å². The number of benzene rings is 2.